The van der Waals surface area contributed by atoms with Crippen LogP contribution in [0.25, 0.3) is 0 Å². The van der Waals surface area contributed by atoms with Crippen LogP contribution in [0.15, 0.2) is 24.3 Å². The fourth-order valence-corrected chi connectivity index (χ4v) is 2.68. The Morgan fingerprint density at radius 3 is 2.20 bits per heavy atom. The lowest BCUT2D eigenvalue weighted by Crippen LogP contribution is -2.50. The molecule has 1 fully saturated rings. The normalized spacial score (nSPS) is 14.2. The van der Waals surface area contributed by atoms with Gasteiger partial charge in [-0.3, -0.25) is 9.59 Å². The lowest BCUT2D eigenvalue weighted by Gasteiger charge is -2.34. The second kappa shape index (κ2) is 9.05. The van der Waals surface area contributed by atoms with Gasteiger partial charge in [-0.25, -0.2) is 4.79 Å². The topological polar surface area (TPSA) is 79.0 Å². The van der Waals surface area contributed by atoms with Crippen LogP contribution >= 0.6 is 0 Å². The van der Waals surface area contributed by atoms with Crippen LogP contribution in [-0.2, 0) is 14.3 Å². The molecule has 0 unspecified atom stereocenters. The van der Waals surface area contributed by atoms with E-state index in [1.54, 1.807) is 47.9 Å². The number of hydrogen-bond donors (Lipinski definition) is 1. The molecule has 2 amide bonds. The van der Waals surface area contributed by atoms with E-state index in [0.717, 1.165) is 5.69 Å². The van der Waals surface area contributed by atoms with Crippen LogP contribution in [0.2, 0.25) is 0 Å². The molecule has 1 saturated heterocycles. The van der Waals surface area contributed by atoms with Crippen molar-refractivity contribution in [3.8, 4) is 0 Å². The fraction of sp³-hybridized carbons (Fsp3) is 0.500. The van der Waals surface area contributed by atoms with Crippen molar-refractivity contribution in [3.63, 3.8) is 0 Å². The Labute approximate surface area is 147 Å². The molecule has 136 valence electrons. The number of esters is 1. The summed E-state index contributed by atoms with van der Waals surface area (Å²) < 4.78 is 4.94. The number of hydrogen-bond acceptors (Lipinski definition) is 5. The Hall–Kier alpha value is -2.57. The van der Waals surface area contributed by atoms with E-state index in [1.165, 1.54) is 0 Å². The molecule has 0 aromatic heterocycles. The van der Waals surface area contributed by atoms with Crippen LogP contribution in [0.4, 0.5) is 5.69 Å². The van der Waals surface area contributed by atoms with Crippen molar-refractivity contribution in [3.05, 3.63) is 29.8 Å². The SMILES string of the molecule is CCOC(=O)c1ccc(NCCC(=O)N2CCN(C(C)=O)CC2)cc1. The first-order valence-electron chi connectivity index (χ1n) is 8.55. The molecule has 0 saturated carbocycles. The number of carbonyl (C=O) groups excluding carboxylic acids is 3. The van der Waals surface area contributed by atoms with E-state index in [9.17, 15) is 14.4 Å². The quantitative estimate of drug-likeness (QED) is 0.786. The van der Waals surface area contributed by atoms with Gasteiger partial charge in [0, 0.05) is 51.8 Å². The first-order chi connectivity index (χ1) is 12.0. The molecule has 0 aliphatic carbocycles. The molecule has 7 nitrogen and oxygen atoms in total. The minimum atomic E-state index is -0.339. The number of benzene rings is 1. The standard InChI is InChI=1S/C18H25N3O4/c1-3-25-18(24)15-4-6-16(7-5-15)19-9-8-17(23)21-12-10-20(11-13-21)14(2)22/h4-7,19H,3,8-13H2,1-2H3. The summed E-state index contributed by atoms with van der Waals surface area (Å²) in [6, 6.07) is 6.98. The molecule has 1 heterocycles. The number of nitrogens with one attached hydrogen (secondary N) is 1. The van der Waals surface area contributed by atoms with Crippen LogP contribution < -0.4 is 5.32 Å². The zero-order valence-corrected chi connectivity index (χ0v) is 14.8. The van der Waals surface area contributed by atoms with E-state index >= 15 is 0 Å². The molecular formula is C18H25N3O4. The second-order valence-electron chi connectivity index (χ2n) is 5.86. The van der Waals surface area contributed by atoms with Gasteiger partial charge >= 0.3 is 5.97 Å². The van der Waals surface area contributed by atoms with E-state index in [1.807, 2.05) is 0 Å². The Morgan fingerprint density at radius 2 is 1.64 bits per heavy atom. The van der Waals surface area contributed by atoms with Gasteiger partial charge in [0.25, 0.3) is 0 Å². The summed E-state index contributed by atoms with van der Waals surface area (Å²) in [6.07, 6.45) is 0.389. The molecule has 2 rings (SSSR count). The molecule has 0 radical (unpaired) electrons. The highest BCUT2D eigenvalue weighted by Gasteiger charge is 2.21. The lowest BCUT2D eigenvalue weighted by molar-refractivity contribution is -0.138. The third-order valence-electron chi connectivity index (χ3n) is 4.14. The molecule has 0 atom stereocenters. The van der Waals surface area contributed by atoms with Crippen LogP contribution in [-0.4, -0.2) is 66.9 Å². The number of rotatable bonds is 6. The summed E-state index contributed by atoms with van der Waals surface area (Å²) in [7, 11) is 0. The fourth-order valence-electron chi connectivity index (χ4n) is 2.68. The largest absolute Gasteiger partial charge is 0.462 e. The Balaban J connectivity index is 1.72. The van der Waals surface area contributed by atoms with Gasteiger partial charge in [0.15, 0.2) is 0 Å². The van der Waals surface area contributed by atoms with Gasteiger partial charge in [-0.05, 0) is 31.2 Å². The van der Waals surface area contributed by atoms with Crippen molar-refractivity contribution in [1.82, 2.24) is 9.80 Å². The van der Waals surface area contributed by atoms with Gasteiger partial charge in [0.05, 0.1) is 12.2 Å². The first-order valence-corrected chi connectivity index (χ1v) is 8.55. The molecule has 25 heavy (non-hydrogen) atoms. The highest BCUT2D eigenvalue weighted by molar-refractivity contribution is 5.89. The Kier molecular flexibility index (Phi) is 6.80. The highest BCUT2D eigenvalue weighted by Crippen LogP contribution is 2.11. The Morgan fingerprint density at radius 1 is 1.04 bits per heavy atom. The molecule has 1 aliphatic rings. The van der Waals surface area contributed by atoms with Crippen LogP contribution in [0.3, 0.4) is 0 Å². The summed E-state index contributed by atoms with van der Waals surface area (Å²) in [4.78, 5) is 38.6. The predicted octanol–water partition coefficient (Wildman–Crippen LogP) is 1.36. The smallest absolute Gasteiger partial charge is 0.338 e. The van der Waals surface area contributed by atoms with Gasteiger partial charge < -0.3 is 19.9 Å². The van der Waals surface area contributed by atoms with Crippen LogP contribution in [0.5, 0.6) is 0 Å². The summed E-state index contributed by atoms with van der Waals surface area (Å²) in [5.41, 5.74) is 1.36. The number of anilines is 1. The number of nitrogens with zero attached hydrogens (tertiary/aromatic N) is 2. The van der Waals surface area contributed by atoms with E-state index in [0.29, 0.717) is 51.3 Å². The number of piperazine rings is 1. The number of ether oxygens (including phenoxy) is 1. The monoisotopic (exact) mass is 347 g/mol. The van der Waals surface area contributed by atoms with E-state index in [2.05, 4.69) is 5.32 Å². The van der Waals surface area contributed by atoms with E-state index in [4.69, 9.17) is 4.74 Å². The number of amides is 2. The molecule has 7 heteroatoms. The van der Waals surface area contributed by atoms with Crippen molar-refractivity contribution in [2.45, 2.75) is 20.3 Å². The van der Waals surface area contributed by atoms with Gasteiger partial charge in [0.1, 0.15) is 0 Å². The summed E-state index contributed by atoms with van der Waals surface area (Å²) in [5.74, 6) is -0.201. The summed E-state index contributed by atoms with van der Waals surface area (Å²) >= 11 is 0. The van der Waals surface area contributed by atoms with Crippen LogP contribution in [0.1, 0.15) is 30.6 Å². The minimum absolute atomic E-state index is 0.0556. The van der Waals surface area contributed by atoms with Crippen LogP contribution in [0, 0.1) is 0 Å². The van der Waals surface area contributed by atoms with E-state index < -0.39 is 0 Å². The van der Waals surface area contributed by atoms with Gasteiger partial charge in [-0.15, -0.1) is 0 Å². The maximum atomic E-state index is 12.2. The van der Waals surface area contributed by atoms with Gasteiger partial charge in [0.2, 0.25) is 11.8 Å². The van der Waals surface area contributed by atoms with Gasteiger partial charge in [-0.2, -0.15) is 0 Å². The highest BCUT2D eigenvalue weighted by atomic mass is 16.5. The number of carbonyl (C=O) groups is 3. The minimum Gasteiger partial charge on any atom is -0.462 e. The zero-order valence-electron chi connectivity index (χ0n) is 14.8. The average molecular weight is 347 g/mol. The molecule has 1 aromatic carbocycles. The lowest BCUT2D eigenvalue weighted by atomic mass is 10.2. The molecule has 1 N–H and O–H groups in total. The maximum absolute atomic E-state index is 12.2. The second-order valence-corrected chi connectivity index (χ2v) is 5.86. The molecule has 0 spiro atoms. The third-order valence-corrected chi connectivity index (χ3v) is 4.14. The maximum Gasteiger partial charge on any atom is 0.338 e. The molecule has 0 bridgehead atoms. The first kappa shape index (κ1) is 18.8. The third kappa shape index (κ3) is 5.48. The molecule has 1 aliphatic heterocycles. The predicted molar refractivity (Wildman–Crippen MR) is 94.3 cm³/mol. The van der Waals surface area contributed by atoms with E-state index in [-0.39, 0.29) is 17.8 Å². The Bertz CT molecular complexity index is 607. The average Bonchev–Trinajstić information content (AvgIpc) is 2.62. The summed E-state index contributed by atoms with van der Waals surface area (Å²) in [6.45, 7) is 6.57. The summed E-state index contributed by atoms with van der Waals surface area (Å²) in [5, 5.41) is 3.18. The van der Waals surface area contributed by atoms with Crippen molar-refractivity contribution in [2.75, 3.05) is 44.6 Å². The molecule has 1 aromatic rings. The van der Waals surface area contributed by atoms with Crippen molar-refractivity contribution >= 4 is 23.5 Å². The van der Waals surface area contributed by atoms with Gasteiger partial charge in [-0.1, -0.05) is 0 Å². The van der Waals surface area contributed by atoms with Crippen molar-refractivity contribution in [1.29, 1.82) is 0 Å². The molecular weight excluding hydrogens is 322 g/mol. The zero-order chi connectivity index (χ0) is 18.2. The van der Waals surface area contributed by atoms with Crippen molar-refractivity contribution < 1.29 is 19.1 Å². The van der Waals surface area contributed by atoms with Crippen molar-refractivity contribution in [2.24, 2.45) is 0 Å².